The molecule has 8 heteroatoms. The number of imide groups is 1. The Bertz CT molecular complexity index is 1530. The number of hydrogen-bond donors (Lipinski definition) is 1. The minimum absolute atomic E-state index is 0.190. The van der Waals surface area contributed by atoms with E-state index in [0.29, 0.717) is 16.6 Å². The molecule has 2 heterocycles. The minimum atomic E-state index is -1.41. The SMILES string of the molecule is O=C1c2ccc3c4c(ccc(c24)C(=O)N1c1ccc(F)cc1)C(O)N(c1ccc(F)cc1)C3=O. The Labute approximate surface area is 191 Å². The van der Waals surface area contributed by atoms with Crippen LogP contribution in [-0.2, 0) is 0 Å². The molecule has 0 saturated heterocycles. The Morgan fingerprint density at radius 3 is 1.62 bits per heavy atom. The molecule has 0 spiro atoms. The summed E-state index contributed by atoms with van der Waals surface area (Å²) < 4.78 is 26.8. The molecule has 0 bridgehead atoms. The van der Waals surface area contributed by atoms with Gasteiger partial charge in [0.15, 0.2) is 6.23 Å². The summed E-state index contributed by atoms with van der Waals surface area (Å²) in [6, 6.07) is 16.1. The number of aliphatic hydroxyl groups is 1. The van der Waals surface area contributed by atoms with Gasteiger partial charge in [-0.05, 0) is 66.7 Å². The Morgan fingerprint density at radius 1 is 0.588 bits per heavy atom. The van der Waals surface area contributed by atoms with Crippen LogP contribution in [0.4, 0.5) is 20.2 Å². The van der Waals surface area contributed by atoms with E-state index < -0.39 is 35.6 Å². The number of rotatable bonds is 2. The second-order valence-electron chi connectivity index (χ2n) is 8.06. The van der Waals surface area contributed by atoms with Gasteiger partial charge in [0.1, 0.15) is 11.6 Å². The predicted octanol–water partition coefficient (Wildman–Crippen LogP) is 4.57. The molecule has 4 aromatic rings. The van der Waals surface area contributed by atoms with Crippen molar-refractivity contribution >= 4 is 39.9 Å². The number of hydrogen-bond acceptors (Lipinski definition) is 4. The molecule has 0 aliphatic carbocycles. The van der Waals surface area contributed by atoms with Gasteiger partial charge < -0.3 is 5.11 Å². The highest BCUT2D eigenvalue weighted by atomic mass is 19.1. The zero-order chi connectivity index (χ0) is 23.7. The number of benzene rings is 4. The summed E-state index contributed by atoms with van der Waals surface area (Å²) in [6.45, 7) is 0. The third kappa shape index (κ3) is 2.66. The Balaban J connectivity index is 1.54. The van der Waals surface area contributed by atoms with E-state index >= 15 is 0 Å². The first-order valence-corrected chi connectivity index (χ1v) is 10.4. The number of aliphatic hydroxyl groups excluding tert-OH is 1. The van der Waals surface area contributed by atoms with E-state index in [1.807, 2.05) is 0 Å². The fourth-order valence-corrected chi connectivity index (χ4v) is 4.67. The molecule has 0 saturated carbocycles. The van der Waals surface area contributed by atoms with Gasteiger partial charge in [0, 0.05) is 38.7 Å². The lowest BCUT2D eigenvalue weighted by atomic mass is 9.85. The van der Waals surface area contributed by atoms with E-state index in [-0.39, 0.29) is 27.8 Å². The molecule has 3 amide bonds. The van der Waals surface area contributed by atoms with Crippen LogP contribution in [0.3, 0.4) is 0 Å². The van der Waals surface area contributed by atoms with Gasteiger partial charge in [0.05, 0.1) is 5.69 Å². The van der Waals surface area contributed by atoms with Crippen molar-refractivity contribution in [1.29, 1.82) is 0 Å². The van der Waals surface area contributed by atoms with Gasteiger partial charge in [-0.3, -0.25) is 19.3 Å². The molecule has 6 rings (SSSR count). The molecule has 1 N–H and O–H groups in total. The molecule has 34 heavy (non-hydrogen) atoms. The van der Waals surface area contributed by atoms with Gasteiger partial charge in [0.2, 0.25) is 0 Å². The van der Waals surface area contributed by atoms with Crippen molar-refractivity contribution in [3.63, 3.8) is 0 Å². The fraction of sp³-hybridized carbons (Fsp3) is 0.0385. The van der Waals surface area contributed by atoms with Gasteiger partial charge in [-0.1, -0.05) is 6.07 Å². The van der Waals surface area contributed by atoms with Crippen LogP contribution < -0.4 is 9.80 Å². The smallest absolute Gasteiger partial charge is 0.265 e. The van der Waals surface area contributed by atoms with Crippen LogP contribution in [-0.4, -0.2) is 22.8 Å². The number of halogens is 2. The van der Waals surface area contributed by atoms with Crippen molar-refractivity contribution in [2.75, 3.05) is 9.80 Å². The standard InChI is InChI=1S/C26H14F2N2O4/c27-13-1-5-15(6-2-13)29-23(31)17-9-11-19-22-20(12-10-18(21(17)22)24(29)32)26(34)30(25(19)33)16-7-3-14(28)4-8-16/h1-12,23,31H. The van der Waals surface area contributed by atoms with E-state index in [9.17, 15) is 28.3 Å². The van der Waals surface area contributed by atoms with Crippen molar-refractivity contribution in [1.82, 2.24) is 0 Å². The van der Waals surface area contributed by atoms with Crippen LogP contribution in [0.5, 0.6) is 0 Å². The first kappa shape index (κ1) is 20.2. The monoisotopic (exact) mass is 456 g/mol. The van der Waals surface area contributed by atoms with Crippen molar-refractivity contribution in [3.05, 3.63) is 107 Å². The average Bonchev–Trinajstić information content (AvgIpc) is 2.83. The normalized spacial score (nSPS) is 17.0. The largest absolute Gasteiger partial charge is 0.369 e. The Hall–Kier alpha value is -4.43. The van der Waals surface area contributed by atoms with E-state index in [4.69, 9.17) is 0 Å². The van der Waals surface area contributed by atoms with Gasteiger partial charge in [-0.15, -0.1) is 0 Å². The zero-order valence-corrected chi connectivity index (χ0v) is 17.3. The van der Waals surface area contributed by atoms with Crippen LogP contribution in [0.2, 0.25) is 0 Å². The first-order chi connectivity index (χ1) is 16.4. The van der Waals surface area contributed by atoms with Crippen molar-refractivity contribution < 1.29 is 28.3 Å². The van der Waals surface area contributed by atoms with Crippen molar-refractivity contribution in [2.24, 2.45) is 0 Å². The molecule has 4 aromatic carbocycles. The molecule has 6 nitrogen and oxygen atoms in total. The zero-order valence-electron chi connectivity index (χ0n) is 17.3. The minimum Gasteiger partial charge on any atom is -0.369 e. The highest BCUT2D eigenvalue weighted by Crippen LogP contribution is 2.43. The Kier molecular flexibility index (Phi) is 4.18. The van der Waals surface area contributed by atoms with Crippen LogP contribution >= 0.6 is 0 Å². The van der Waals surface area contributed by atoms with Crippen molar-refractivity contribution in [2.45, 2.75) is 6.23 Å². The van der Waals surface area contributed by atoms with Gasteiger partial charge in [-0.2, -0.15) is 0 Å². The lowest BCUT2D eigenvalue weighted by Gasteiger charge is -2.36. The van der Waals surface area contributed by atoms with Crippen molar-refractivity contribution in [3.8, 4) is 0 Å². The van der Waals surface area contributed by atoms with E-state index in [1.165, 1.54) is 60.7 Å². The predicted molar refractivity (Wildman–Crippen MR) is 120 cm³/mol. The second-order valence-corrected chi connectivity index (χ2v) is 8.06. The van der Waals surface area contributed by atoms with Gasteiger partial charge in [0.25, 0.3) is 17.7 Å². The molecule has 0 fully saturated rings. The van der Waals surface area contributed by atoms with Crippen LogP contribution in [0.1, 0.15) is 42.9 Å². The summed E-state index contributed by atoms with van der Waals surface area (Å²) in [5.74, 6) is -2.76. The molecule has 2 aliphatic rings. The maximum absolute atomic E-state index is 13.4. The highest BCUT2D eigenvalue weighted by Gasteiger charge is 2.40. The lowest BCUT2D eigenvalue weighted by Crippen LogP contribution is -2.42. The number of amides is 3. The van der Waals surface area contributed by atoms with Gasteiger partial charge >= 0.3 is 0 Å². The number of anilines is 2. The molecule has 2 aliphatic heterocycles. The maximum atomic E-state index is 13.4. The number of nitrogens with zero attached hydrogens (tertiary/aromatic N) is 2. The second kappa shape index (κ2) is 7.03. The fourth-order valence-electron chi connectivity index (χ4n) is 4.67. The van der Waals surface area contributed by atoms with E-state index in [2.05, 4.69) is 0 Å². The average molecular weight is 456 g/mol. The maximum Gasteiger partial charge on any atom is 0.265 e. The number of carbonyl (C=O) groups is 3. The summed E-state index contributed by atoms with van der Waals surface area (Å²) in [6.07, 6.45) is -1.41. The molecule has 1 atom stereocenters. The van der Waals surface area contributed by atoms with Gasteiger partial charge in [-0.25, -0.2) is 13.7 Å². The van der Waals surface area contributed by atoms with Crippen LogP contribution in [0, 0.1) is 11.6 Å². The quantitative estimate of drug-likeness (QED) is 0.449. The first-order valence-electron chi connectivity index (χ1n) is 10.4. The number of carbonyl (C=O) groups excluding carboxylic acids is 3. The molecule has 0 radical (unpaired) electrons. The highest BCUT2D eigenvalue weighted by molar-refractivity contribution is 6.37. The summed E-state index contributed by atoms with van der Waals surface area (Å²) in [5.41, 5.74) is 1.45. The van der Waals surface area contributed by atoms with Crippen LogP contribution in [0.15, 0.2) is 72.8 Å². The topological polar surface area (TPSA) is 77.9 Å². The summed E-state index contributed by atoms with van der Waals surface area (Å²) in [5, 5.41) is 11.7. The van der Waals surface area contributed by atoms with Crippen LogP contribution in [0.25, 0.3) is 10.8 Å². The third-order valence-corrected chi connectivity index (χ3v) is 6.22. The molecule has 0 aromatic heterocycles. The Morgan fingerprint density at radius 2 is 1.06 bits per heavy atom. The van der Waals surface area contributed by atoms with E-state index in [0.717, 1.165) is 21.9 Å². The summed E-state index contributed by atoms with van der Waals surface area (Å²) in [7, 11) is 0. The summed E-state index contributed by atoms with van der Waals surface area (Å²) >= 11 is 0. The lowest BCUT2D eigenvalue weighted by molar-refractivity contribution is 0.0866. The van der Waals surface area contributed by atoms with E-state index in [1.54, 1.807) is 0 Å². The molecule has 166 valence electrons. The molecular weight excluding hydrogens is 442 g/mol. The third-order valence-electron chi connectivity index (χ3n) is 6.22. The summed E-state index contributed by atoms with van der Waals surface area (Å²) in [4.78, 5) is 42.1. The molecule has 1 unspecified atom stereocenters. The molecular formula is C26H14F2N2O4.